The Morgan fingerprint density at radius 3 is 1.59 bits per heavy atom. The van der Waals surface area contributed by atoms with Crippen LogP contribution in [0.1, 0.15) is 129 Å². The van der Waals surface area contributed by atoms with Crippen molar-refractivity contribution < 1.29 is 4.57 Å². The van der Waals surface area contributed by atoms with E-state index in [0.29, 0.717) is 0 Å². The van der Waals surface area contributed by atoms with E-state index in [0.717, 1.165) is 0 Å². The Morgan fingerprint density at radius 2 is 1.07 bits per heavy atom. The van der Waals surface area contributed by atoms with E-state index in [9.17, 15) is 0 Å². The summed E-state index contributed by atoms with van der Waals surface area (Å²) < 4.78 is 4.85. The third kappa shape index (κ3) is 12.3. The zero-order chi connectivity index (χ0) is 19.6. The second-order valence-electron chi connectivity index (χ2n) is 8.57. The lowest BCUT2D eigenvalue weighted by atomic mass is 10.1. The van der Waals surface area contributed by atoms with Crippen molar-refractivity contribution in [1.82, 2.24) is 4.57 Å². The van der Waals surface area contributed by atoms with Gasteiger partial charge in [0.05, 0.1) is 13.6 Å². The van der Waals surface area contributed by atoms with Crippen LogP contribution in [-0.4, -0.2) is 4.57 Å². The number of hydrogen-bond acceptors (Lipinski definition) is 0. The van der Waals surface area contributed by atoms with E-state index in [4.69, 9.17) is 0 Å². The smallest absolute Gasteiger partial charge is 0.237 e. The first kappa shape index (κ1) is 24.2. The summed E-state index contributed by atoms with van der Waals surface area (Å²) in [5.74, 6) is 1.53. The van der Waals surface area contributed by atoms with Gasteiger partial charge in [0.2, 0.25) is 0 Å². The molecule has 2 nitrogen and oxygen atoms in total. The predicted molar refractivity (Wildman–Crippen MR) is 119 cm³/mol. The van der Waals surface area contributed by atoms with Gasteiger partial charge in [-0.05, 0) is 19.3 Å². The third-order valence-corrected chi connectivity index (χ3v) is 5.97. The molecular formula is C25H49N2+. The van der Waals surface area contributed by atoms with E-state index in [1.807, 2.05) is 0 Å². The first-order chi connectivity index (χ1) is 13.3. The molecule has 0 fully saturated rings. The fourth-order valence-electron chi connectivity index (χ4n) is 4.09. The Bertz CT molecular complexity index is 436. The zero-order valence-corrected chi connectivity index (χ0v) is 19.0. The molecule has 1 heterocycles. The molecule has 2 heteroatoms. The molecule has 0 aromatic carbocycles. The number of aryl methyl sites for hydroxylation is 2. The van der Waals surface area contributed by atoms with Gasteiger partial charge in [0.15, 0.2) is 0 Å². The predicted octanol–water partition coefficient (Wildman–Crippen LogP) is 7.53. The van der Waals surface area contributed by atoms with Crippen molar-refractivity contribution in [3.05, 3.63) is 18.2 Å². The average Bonchev–Trinajstić information content (AvgIpc) is 3.02. The van der Waals surface area contributed by atoms with Crippen LogP contribution < -0.4 is 4.57 Å². The minimum absolute atomic E-state index is 1.21. The van der Waals surface area contributed by atoms with E-state index >= 15 is 0 Å². The van der Waals surface area contributed by atoms with Crippen LogP contribution in [-0.2, 0) is 20.0 Å². The number of aromatic nitrogens is 2. The summed E-state index contributed by atoms with van der Waals surface area (Å²) in [7, 11) is 2.21. The molecule has 0 saturated heterocycles. The molecule has 0 N–H and O–H groups in total. The largest absolute Gasteiger partial charge is 0.256 e. The molecule has 0 bridgehead atoms. The van der Waals surface area contributed by atoms with Crippen LogP contribution in [0.4, 0.5) is 0 Å². The summed E-state index contributed by atoms with van der Waals surface area (Å²) in [6.45, 7) is 5.80. The van der Waals surface area contributed by atoms with Crippen molar-refractivity contribution >= 4 is 0 Å². The fourth-order valence-corrected chi connectivity index (χ4v) is 4.09. The second-order valence-corrected chi connectivity index (χ2v) is 8.57. The molecule has 1 aromatic heterocycles. The Balaban J connectivity index is 2.05. The van der Waals surface area contributed by atoms with Crippen LogP contribution in [0.25, 0.3) is 0 Å². The standard InChI is InChI=1S/C25H49N2/c1-4-6-8-10-12-13-14-15-16-18-20-22-27-24-23-26(3)25(27)21-19-17-11-9-7-5-2/h23-24H,4-22H2,1-3H3/q+1. The third-order valence-electron chi connectivity index (χ3n) is 5.97. The van der Waals surface area contributed by atoms with E-state index < -0.39 is 0 Å². The van der Waals surface area contributed by atoms with Crippen molar-refractivity contribution in [2.24, 2.45) is 7.05 Å². The molecule has 0 unspecified atom stereocenters. The van der Waals surface area contributed by atoms with Gasteiger partial charge in [0, 0.05) is 6.42 Å². The highest BCUT2D eigenvalue weighted by Gasteiger charge is 2.13. The highest BCUT2D eigenvalue weighted by atomic mass is 15.1. The Kier molecular flexibility index (Phi) is 15.6. The summed E-state index contributed by atoms with van der Waals surface area (Å²) in [5.41, 5.74) is 0. The van der Waals surface area contributed by atoms with Crippen molar-refractivity contribution in [2.45, 2.75) is 136 Å². The maximum atomic E-state index is 2.51. The van der Waals surface area contributed by atoms with Crippen LogP contribution in [0.2, 0.25) is 0 Å². The number of nitrogens with zero attached hydrogens (tertiary/aromatic N) is 2. The molecule has 0 aliphatic rings. The van der Waals surface area contributed by atoms with E-state index in [2.05, 4.69) is 42.4 Å². The molecule has 0 atom stereocenters. The molecule has 0 aliphatic heterocycles. The SMILES string of the molecule is CCCCCCCCCCCCCn1cc[n+](C)c1CCCCCCCC. The van der Waals surface area contributed by atoms with Crippen LogP contribution in [0.5, 0.6) is 0 Å². The average molecular weight is 378 g/mol. The monoisotopic (exact) mass is 377 g/mol. The molecule has 27 heavy (non-hydrogen) atoms. The molecule has 0 amide bonds. The van der Waals surface area contributed by atoms with Crippen molar-refractivity contribution in [3.63, 3.8) is 0 Å². The van der Waals surface area contributed by atoms with Crippen LogP contribution in [0, 0.1) is 0 Å². The lowest BCUT2D eigenvalue weighted by Crippen LogP contribution is -2.32. The van der Waals surface area contributed by atoms with Gasteiger partial charge in [-0.15, -0.1) is 0 Å². The number of hydrogen-bond donors (Lipinski definition) is 0. The Hall–Kier alpha value is -0.790. The van der Waals surface area contributed by atoms with Crippen molar-refractivity contribution in [3.8, 4) is 0 Å². The summed E-state index contributed by atoms with van der Waals surface area (Å²) >= 11 is 0. The molecular weight excluding hydrogens is 328 g/mol. The molecule has 0 aliphatic carbocycles. The van der Waals surface area contributed by atoms with Crippen LogP contribution >= 0.6 is 0 Å². The number of imidazole rings is 1. The first-order valence-electron chi connectivity index (χ1n) is 12.3. The Morgan fingerprint density at radius 1 is 0.630 bits per heavy atom. The fraction of sp³-hybridized carbons (Fsp3) is 0.880. The van der Waals surface area contributed by atoms with Gasteiger partial charge >= 0.3 is 0 Å². The lowest BCUT2D eigenvalue weighted by Gasteiger charge is -2.05. The normalized spacial score (nSPS) is 11.4. The highest BCUT2D eigenvalue weighted by Crippen LogP contribution is 2.13. The maximum absolute atomic E-state index is 2.51. The van der Waals surface area contributed by atoms with Crippen LogP contribution in [0.3, 0.4) is 0 Å². The van der Waals surface area contributed by atoms with E-state index in [1.54, 1.807) is 0 Å². The molecule has 0 radical (unpaired) electrons. The molecule has 158 valence electrons. The molecule has 1 rings (SSSR count). The topological polar surface area (TPSA) is 8.81 Å². The second kappa shape index (κ2) is 17.3. The first-order valence-corrected chi connectivity index (χ1v) is 12.3. The maximum Gasteiger partial charge on any atom is 0.256 e. The van der Waals surface area contributed by atoms with Gasteiger partial charge in [0.25, 0.3) is 5.82 Å². The lowest BCUT2D eigenvalue weighted by molar-refractivity contribution is -0.678. The van der Waals surface area contributed by atoms with Gasteiger partial charge < -0.3 is 0 Å². The van der Waals surface area contributed by atoms with Crippen LogP contribution in [0.15, 0.2) is 12.4 Å². The summed E-state index contributed by atoms with van der Waals surface area (Å²) in [6, 6.07) is 0. The quantitative estimate of drug-likeness (QED) is 0.174. The van der Waals surface area contributed by atoms with Gasteiger partial charge in [-0.3, -0.25) is 0 Å². The summed E-state index contributed by atoms with van der Waals surface area (Å²) in [6.07, 6.45) is 29.8. The van der Waals surface area contributed by atoms with E-state index in [1.165, 1.54) is 128 Å². The molecule has 0 spiro atoms. The minimum Gasteiger partial charge on any atom is -0.237 e. The molecule has 1 aromatic rings. The highest BCUT2D eigenvalue weighted by molar-refractivity contribution is 4.84. The van der Waals surface area contributed by atoms with E-state index in [-0.39, 0.29) is 0 Å². The Labute approximate surface area is 170 Å². The zero-order valence-electron chi connectivity index (χ0n) is 19.0. The number of rotatable bonds is 19. The van der Waals surface area contributed by atoms with Crippen molar-refractivity contribution in [2.75, 3.05) is 0 Å². The van der Waals surface area contributed by atoms with Crippen molar-refractivity contribution in [1.29, 1.82) is 0 Å². The van der Waals surface area contributed by atoms with Gasteiger partial charge in [-0.2, -0.15) is 0 Å². The van der Waals surface area contributed by atoms with Gasteiger partial charge in [0.1, 0.15) is 12.4 Å². The summed E-state index contributed by atoms with van der Waals surface area (Å²) in [5, 5.41) is 0. The van der Waals surface area contributed by atoms with Gasteiger partial charge in [-0.25, -0.2) is 9.13 Å². The van der Waals surface area contributed by atoms with Gasteiger partial charge in [-0.1, -0.05) is 104 Å². The summed E-state index contributed by atoms with van der Waals surface area (Å²) in [4.78, 5) is 0. The molecule has 0 saturated carbocycles. The number of unbranched alkanes of at least 4 members (excludes halogenated alkanes) is 15. The minimum atomic E-state index is 1.21.